The standard InChI is InChI=1S/C12H12O3S2/c1-8(17(2,14)15)11(13)10-5-3-4-9-6-7-16-12(9)10/h3-8H,1-2H3. The van der Waals surface area contributed by atoms with Gasteiger partial charge in [-0.3, -0.25) is 4.79 Å². The lowest BCUT2D eigenvalue weighted by Crippen LogP contribution is -2.26. The number of ketones is 1. The Labute approximate surface area is 104 Å². The van der Waals surface area contributed by atoms with Crippen LogP contribution in [0.4, 0.5) is 0 Å². The fourth-order valence-electron chi connectivity index (χ4n) is 1.60. The molecule has 5 heteroatoms. The summed E-state index contributed by atoms with van der Waals surface area (Å²) in [6, 6.07) is 7.29. The summed E-state index contributed by atoms with van der Waals surface area (Å²) in [5, 5.41) is 1.88. The molecule has 1 aromatic carbocycles. The van der Waals surface area contributed by atoms with Gasteiger partial charge in [0.2, 0.25) is 0 Å². The molecule has 0 aliphatic carbocycles. The van der Waals surface area contributed by atoms with Gasteiger partial charge in [0.25, 0.3) is 0 Å². The molecule has 1 unspecified atom stereocenters. The molecule has 0 aliphatic rings. The molecule has 2 aromatic rings. The number of hydrogen-bond acceptors (Lipinski definition) is 4. The molecule has 0 aliphatic heterocycles. The maximum Gasteiger partial charge on any atom is 0.182 e. The van der Waals surface area contributed by atoms with Gasteiger partial charge < -0.3 is 0 Å². The van der Waals surface area contributed by atoms with Crippen molar-refractivity contribution in [2.75, 3.05) is 6.26 Å². The zero-order valence-corrected chi connectivity index (χ0v) is 11.1. The lowest BCUT2D eigenvalue weighted by atomic mass is 10.1. The molecule has 0 saturated heterocycles. The normalized spacial score (nSPS) is 13.8. The van der Waals surface area contributed by atoms with Crippen LogP contribution in [0.2, 0.25) is 0 Å². The maximum atomic E-state index is 12.1. The Hall–Kier alpha value is -1.20. The second kappa shape index (κ2) is 4.23. The SMILES string of the molecule is CC(C(=O)c1cccc2ccsc12)S(C)(=O)=O. The second-order valence-electron chi connectivity index (χ2n) is 3.98. The minimum atomic E-state index is -3.35. The molecule has 0 fully saturated rings. The number of carbonyl (C=O) groups is 1. The van der Waals surface area contributed by atoms with Crippen molar-refractivity contribution < 1.29 is 13.2 Å². The van der Waals surface area contributed by atoms with Gasteiger partial charge in [0, 0.05) is 16.5 Å². The van der Waals surface area contributed by atoms with E-state index in [-0.39, 0.29) is 5.78 Å². The summed E-state index contributed by atoms with van der Waals surface area (Å²) < 4.78 is 23.7. The molecule has 0 bridgehead atoms. The highest BCUT2D eigenvalue weighted by molar-refractivity contribution is 7.92. The van der Waals surface area contributed by atoms with Crippen molar-refractivity contribution in [1.29, 1.82) is 0 Å². The van der Waals surface area contributed by atoms with Crippen LogP contribution >= 0.6 is 11.3 Å². The van der Waals surface area contributed by atoms with Crippen molar-refractivity contribution in [3.63, 3.8) is 0 Å². The highest BCUT2D eigenvalue weighted by Crippen LogP contribution is 2.26. The van der Waals surface area contributed by atoms with Crippen LogP contribution in [0.15, 0.2) is 29.6 Å². The summed E-state index contributed by atoms with van der Waals surface area (Å²) in [6.45, 7) is 1.43. The largest absolute Gasteiger partial charge is 0.293 e. The van der Waals surface area contributed by atoms with E-state index < -0.39 is 15.1 Å². The first-order chi connectivity index (χ1) is 7.91. The lowest BCUT2D eigenvalue weighted by molar-refractivity contribution is 0.0993. The first-order valence-electron chi connectivity index (χ1n) is 5.10. The number of fused-ring (bicyclic) bond motifs is 1. The fraction of sp³-hybridized carbons (Fsp3) is 0.250. The number of rotatable bonds is 3. The van der Waals surface area contributed by atoms with E-state index in [4.69, 9.17) is 0 Å². The zero-order chi connectivity index (χ0) is 12.6. The van der Waals surface area contributed by atoms with E-state index in [9.17, 15) is 13.2 Å². The summed E-state index contributed by atoms with van der Waals surface area (Å²) in [5.41, 5.74) is 0.496. The fourth-order valence-corrected chi connectivity index (χ4v) is 3.03. The first-order valence-corrected chi connectivity index (χ1v) is 7.94. The summed E-state index contributed by atoms with van der Waals surface area (Å²) in [4.78, 5) is 12.1. The zero-order valence-electron chi connectivity index (χ0n) is 9.51. The van der Waals surface area contributed by atoms with Gasteiger partial charge >= 0.3 is 0 Å². The van der Waals surface area contributed by atoms with Gasteiger partial charge in [0.1, 0.15) is 5.25 Å². The van der Waals surface area contributed by atoms with E-state index in [0.29, 0.717) is 5.56 Å². The molecule has 0 amide bonds. The molecular weight excluding hydrogens is 256 g/mol. The van der Waals surface area contributed by atoms with Gasteiger partial charge in [-0.25, -0.2) is 8.42 Å². The van der Waals surface area contributed by atoms with Crippen molar-refractivity contribution in [3.05, 3.63) is 35.2 Å². The van der Waals surface area contributed by atoms with Gasteiger partial charge in [-0.05, 0) is 29.8 Å². The summed E-state index contributed by atoms with van der Waals surface area (Å²) >= 11 is 1.45. The smallest absolute Gasteiger partial charge is 0.182 e. The molecule has 90 valence electrons. The predicted molar refractivity (Wildman–Crippen MR) is 70.5 cm³/mol. The van der Waals surface area contributed by atoms with Crippen molar-refractivity contribution in [2.45, 2.75) is 12.2 Å². The first kappa shape index (κ1) is 12.3. The lowest BCUT2D eigenvalue weighted by Gasteiger charge is -2.08. The average molecular weight is 268 g/mol. The molecule has 3 nitrogen and oxygen atoms in total. The van der Waals surface area contributed by atoms with Crippen LogP contribution in [0.25, 0.3) is 10.1 Å². The average Bonchev–Trinajstić information content (AvgIpc) is 2.73. The number of hydrogen-bond donors (Lipinski definition) is 0. The van der Waals surface area contributed by atoms with Crippen LogP contribution in [-0.4, -0.2) is 25.7 Å². The molecular formula is C12H12O3S2. The highest BCUT2D eigenvalue weighted by atomic mass is 32.2. The predicted octanol–water partition coefficient (Wildman–Crippen LogP) is 2.52. The maximum absolute atomic E-state index is 12.1. The van der Waals surface area contributed by atoms with Crippen molar-refractivity contribution >= 4 is 37.0 Å². The van der Waals surface area contributed by atoms with E-state index in [2.05, 4.69) is 0 Å². The van der Waals surface area contributed by atoms with Gasteiger partial charge in [-0.15, -0.1) is 11.3 Å². The number of sulfone groups is 1. The molecule has 1 aromatic heterocycles. The third-order valence-electron chi connectivity index (χ3n) is 2.76. The third kappa shape index (κ3) is 2.25. The second-order valence-corrected chi connectivity index (χ2v) is 7.26. The Morgan fingerprint density at radius 1 is 1.29 bits per heavy atom. The minimum absolute atomic E-state index is 0.333. The van der Waals surface area contributed by atoms with Crippen LogP contribution < -0.4 is 0 Å². The number of Topliss-reactive ketones (excluding diaryl/α,β-unsaturated/α-hetero) is 1. The minimum Gasteiger partial charge on any atom is -0.293 e. The van der Waals surface area contributed by atoms with E-state index >= 15 is 0 Å². The van der Waals surface area contributed by atoms with E-state index in [1.807, 2.05) is 17.5 Å². The Morgan fingerprint density at radius 2 is 2.00 bits per heavy atom. The van der Waals surface area contributed by atoms with E-state index in [1.165, 1.54) is 18.3 Å². The molecule has 1 heterocycles. The molecule has 0 spiro atoms. The van der Waals surface area contributed by atoms with E-state index in [1.54, 1.807) is 12.1 Å². The van der Waals surface area contributed by atoms with Crippen LogP contribution in [0.5, 0.6) is 0 Å². The van der Waals surface area contributed by atoms with Crippen LogP contribution in [0, 0.1) is 0 Å². The number of thiophene rings is 1. The quantitative estimate of drug-likeness (QED) is 0.804. The van der Waals surface area contributed by atoms with Crippen molar-refractivity contribution in [1.82, 2.24) is 0 Å². The van der Waals surface area contributed by atoms with E-state index in [0.717, 1.165) is 16.3 Å². The molecule has 0 saturated carbocycles. The van der Waals surface area contributed by atoms with Gasteiger partial charge in [0.05, 0.1) is 0 Å². The third-order valence-corrected chi connectivity index (χ3v) is 5.22. The van der Waals surface area contributed by atoms with Crippen LogP contribution in [0.3, 0.4) is 0 Å². The Bertz CT molecular complexity index is 668. The monoisotopic (exact) mass is 268 g/mol. The van der Waals surface area contributed by atoms with Crippen LogP contribution in [-0.2, 0) is 9.84 Å². The summed E-state index contributed by atoms with van der Waals surface area (Å²) in [5.74, 6) is -0.333. The molecule has 0 N–H and O–H groups in total. The highest BCUT2D eigenvalue weighted by Gasteiger charge is 2.26. The molecule has 1 atom stereocenters. The Morgan fingerprint density at radius 3 is 2.65 bits per heavy atom. The summed E-state index contributed by atoms with van der Waals surface area (Å²) in [6.07, 6.45) is 1.09. The van der Waals surface area contributed by atoms with Gasteiger partial charge in [0.15, 0.2) is 15.6 Å². The van der Waals surface area contributed by atoms with Gasteiger partial charge in [-0.1, -0.05) is 12.1 Å². The Kier molecular flexibility index (Phi) is 3.05. The number of benzene rings is 1. The molecule has 0 radical (unpaired) electrons. The van der Waals surface area contributed by atoms with Crippen molar-refractivity contribution in [2.24, 2.45) is 0 Å². The topological polar surface area (TPSA) is 51.2 Å². The number of carbonyl (C=O) groups excluding carboxylic acids is 1. The summed E-state index contributed by atoms with van der Waals surface area (Å²) in [7, 11) is -3.35. The molecule has 2 rings (SSSR count). The van der Waals surface area contributed by atoms with Crippen LogP contribution in [0.1, 0.15) is 17.3 Å². The molecule has 17 heavy (non-hydrogen) atoms. The van der Waals surface area contributed by atoms with Crippen molar-refractivity contribution in [3.8, 4) is 0 Å². The Balaban J connectivity index is 2.54. The van der Waals surface area contributed by atoms with Gasteiger partial charge in [-0.2, -0.15) is 0 Å².